The van der Waals surface area contributed by atoms with E-state index in [1.54, 1.807) is 6.07 Å². The Bertz CT molecular complexity index is 651. The lowest BCUT2D eigenvalue weighted by molar-refractivity contribution is 0.0343. The van der Waals surface area contributed by atoms with Gasteiger partial charge in [-0.3, -0.25) is 9.78 Å². The molecule has 5 heteroatoms. The van der Waals surface area contributed by atoms with E-state index < -0.39 is 0 Å². The summed E-state index contributed by atoms with van der Waals surface area (Å²) in [6.07, 6.45) is 2.36. The van der Waals surface area contributed by atoms with Gasteiger partial charge in [-0.2, -0.15) is 0 Å². The fraction of sp³-hybridized carbons (Fsp3) is 0.467. The van der Waals surface area contributed by atoms with Crippen molar-refractivity contribution in [1.82, 2.24) is 9.97 Å². The topological polar surface area (TPSA) is 58.2 Å². The number of para-hydroxylation sites is 1. The van der Waals surface area contributed by atoms with Gasteiger partial charge in [0.2, 0.25) is 5.95 Å². The minimum atomic E-state index is -0.0795. The number of benzene rings is 1. The summed E-state index contributed by atoms with van der Waals surface area (Å²) in [5.74, 6) is 0.651. The molecule has 0 aliphatic carbocycles. The number of aromatic nitrogens is 2. The van der Waals surface area contributed by atoms with Crippen molar-refractivity contribution in [3.8, 4) is 0 Å². The van der Waals surface area contributed by atoms with Crippen LogP contribution in [0.25, 0.3) is 10.9 Å². The molecule has 106 valence electrons. The normalized spacial score (nSPS) is 19.4. The predicted octanol–water partition coefficient (Wildman–Crippen LogP) is 1.93. The second-order valence-corrected chi connectivity index (χ2v) is 5.13. The molecular formula is C15H19N3O2. The van der Waals surface area contributed by atoms with Crippen molar-refractivity contribution in [3.63, 3.8) is 0 Å². The van der Waals surface area contributed by atoms with E-state index in [1.807, 2.05) is 18.2 Å². The summed E-state index contributed by atoms with van der Waals surface area (Å²) in [6, 6.07) is 7.42. The van der Waals surface area contributed by atoms with Gasteiger partial charge in [0.1, 0.15) is 0 Å². The van der Waals surface area contributed by atoms with E-state index >= 15 is 0 Å². The molecule has 2 heterocycles. The summed E-state index contributed by atoms with van der Waals surface area (Å²) in [6.45, 7) is 4.39. The maximum atomic E-state index is 12.1. The number of fused-ring (bicyclic) bond motifs is 1. The second kappa shape index (κ2) is 5.63. The molecule has 3 rings (SSSR count). The molecule has 1 fully saturated rings. The molecule has 1 unspecified atom stereocenters. The zero-order valence-electron chi connectivity index (χ0n) is 11.6. The number of nitrogens with one attached hydrogen (secondary N) is 1. The highest BCUT2D eigenvalue weighted by Crippen LogP contribution is 2.16. The van der Waals surface area contributed by atoms with Gasteiger partial charge in [-0.25, -0.2) is 4.98 Å². The second-order valence-electron chi connectivity index (χ2n) is 5.13. The number of aromatic amines is 1. The number of ether oxygens (including phenoxy) is 1. The lowest BCUT2D eigenvalue weighted by Crippen LogP contribution is -2.43. The van der Waals surface area contributed by atoms with Gasteiger partial charge < -0.3 is 9.64 Å². The van der Waals surface area contributed by atoms with E-state index in [0.29, 0.717) is 17.9 Å². The van der Waals surface area contributed by atoms with Crippen LogP contribution in [0.3, 0.4) is 0 Å². The molecule has 5 nitrogen and oxygen atoms in total. The van der Waals surface area contributed by atoms with Gasteiger partial charge in [0, 0.05) is 13.1 Å². The van der Waals surface area contributed by atoms with Crippen LogP contribution in [-0.4, -0.2) is 35.8 Å². The Hall–Kier alpha value is -1.88. The van der Waals surface area contributed by atoms with Crippen LogP contribution >= 0.6 is 0 Å². The minimum absolute atomic E-state index is 0.0795. The highest BCUT2D eigenvalue weighted by molar-refractivity contribution is 5.78. The SMILES string of the molecule is CCCC1CN(c2nc3ccccc3c(=O)[nH]2)CCO1. The van der Waals surface area contributed by atoms with Crippen LogP contribution in [0.2, 0.25) is 0 Å². The van der Waals surface area contributed by atoms with E-state index in [-0.39, 0.29) is 11.7 Å². The molecule has 0 saturated carbocycles. The summed E-state index contributed by atoms with van der Waals surface area (Å²) < 4.78 is 5.73. The van der Waals surface area contributed by atoms with Crippen molar-refractivity contribution in [1.29, 1.82) is 0 Å². The van der Waals surface area contributed by atoms with Crippen molar-refractivity contribution >= 4 is 16.9 Å². The zero-order chi connectivity index (χ0) is 13.9. The summed E-state index contributed by atoms with van der Waals surface area (Å²) in [5.41, 5.74) is 0.661. The maximum absolute atomic E-state index is 12.1. The van der Waals surface area contributed by atoms with E-state index in [4.69, 9.17) is 4.74 Å². The quantitative estimate of drug-likeness (QED) is 0.928. The van der Waals surface area contributed by atoms with Crippen LogP contribution in [0.15, 0.2) is 29.1 Å². The number of nitrogens with zero attached hydrogens (tertiary/aromatic N) is 2. The Balaban J connectivity index is 1.92. The average molecular weight is 273 g/mol. The van der Waals surface area contributed by atoms with E-state index in [9.17, 15) is 4.79 Å². The molecule has 0 amide bonds. The number of hydrogen-bond donors (Lipinski definition) is 1. The van der Waals surface area contributed by atoms with Crippen LogP contribution in [0.5, 0.6) is 0 Å². The molecule has 1 aromatic carbocycles. The molecule has 1 atom stereocenters. The standard InChI is InChI=1S/C15H19N3O2/c1-2-5-11-10-18(8-9-20-11)15-16-13-7-4-3-6-12(13)14(19)17-15/h3-4,6-7,11H,2,5,8-10H2,1H3,(H,16,17,19). The van der Waals surface area contributed by atoms with Gasteiger partial charge in [-0.1, -0.05) is 25.5 Å². The van der Waals surface area contributed by atoms with Crippen molar-refractivity contribution in [2.45, 2.75) is 25.9 Å². The Morgan fingerprint density at radius 2 is 2.30 bits per heavy atom. The molecule has 0 spiro atoms. The molecule has 1 N–H and O–H groups in total. The average Bonchev–Trinajstić information content (AvgIpc) is 2.48. The van der Waals surface area contributed by atoms with E-state index in [2.05, 4.69) is 21.8 Å². The van der Waals surface area contributed by atoms with E-state index in [1.165, 1.54) is 0 Å². The van der Waals surface area contributed by atoms with Crippen molar-refractivity contribution in [2.24, 2.45) is 0 Å². The molecule has 1 aliphatic rings. The minimum Gasteiger partial charge on any atom is -0.375 e. The third-order valence-corrected chi connectivity index (χ3v) is 3.65. The summed E-state index contributed by atoms with van der Waals surface area (Å²) >= 11 is 0. The van der Waals surface area contributed by atoms with Gasteiger partial charge in [0.25, 0.3) is 5.56 Å². The first-order chi connectivity index (χ1) is 9.78. The molecule has 1 saturated heterocycles. The monoisotopic (exact) mass is 273 g/mol. The van der Waals surface area contributed by atoms with Crippen molar-refractivity contribution in [2.75, 3.05) is 24.6 Å². The first-order valence-electron chi connectivity index (χ1n) is 7.13. The largest absolute Gasteiger partial charge is 0.375 e. The molecule has 1 aromatic heterocycles. The van der Waals surface area contributed by atoms with Gasteiger partial charge in [-0.05, 0) is 18.6 Å². The fourth-order valence-corrected chi connectivity index (χ4v) is 2.63. The summed E-state index contributed by atoms with van der Waals surface area (Å²) in [4.78, 5) is 21.7. The fourth-order valence-electron chi connectivity index (χ4n) is 2.63. The number of anilines is 1. The van der Waals surface area contributed by atoms with Crippen LogP contribution in [0, 0.1) is 0 Å². The number of rotatable bonds is 3. The van der Waals surface area contributed by atoms with Gasteiger partial charge in [0.05, 0.1) is 23.6 Å². The van der Waals surface area contributed by atoms with Gasteiger partial charge >= 0.3 is 0 Å². The molecule has 1 aliphatic heterocycles. The Morgan fingerprint density at radius 1 is 1.45 bits per heavy atom. The first kappa shape index (κ1) is 13.1. The number of morpholine rings is 1. The maximum Gasteiger partial charge on any atom is 0.260 e. The van der Waals surface area contributed by atoms with Gasteiger partial charge in [-0.15, -0.1) is 0 Å². The van der Waals surface area contributed by atoms with Crippen LogP contribution < -0.4 is 10.5 Å². The summed E-state index contributed by atoms with van der Waals surface area (Å²) in [5, 5.41) is 0.634. The van der Waals surface area contributed by atoms with Crippen LogP contribution in [-0.2, 0) is 4.74 Å². The number of H-pyrrole nitrogens is 1. The molecule has 0 radical (unpaired) electrons. The number of hydrogen-bond acceptors (Lipinski definition) is 4. The smallest absolute Gasteiger partial charge is 0.260 e. The highest BCUT2D eigenvalue weighted by Gasteiger charge is 2.21. The molecular weight excluding hydrogens is 254 g/mol. The lowest BCUT2D eigenvalue weighted by Gasteiger charge is -2.33. The molecule has 0 bridgehead atoms. The molecule has 20 heavy (non-hydrogen) atoms. The van der Waals surface area contributed by atoms with Gasteiger partial charge in [0.15, 0.2) is 0 Å². The third-order valence-electron chi connectivity index (χ3n) is 3.65. The van der Waals surface area contributed by atoms with Crippen molar-refractivity contribution < 1.29 is 4.74 Å². The first-order valence-corrected chi connectivity index (χ1v) is 7.13. The van der Waals surface area contributed by atoms with Crippen LogP contribution in [0.1, 0.15) is 19.8 Å². The Morgan fingerprint density at radius 3 is 3.15 bits per heavy atom. The molecule has 2 aromatic rings. The van der Waals surface area contributed by atoms with Crippen molar-refractivity contribution in [3.05, 3.63) is 34.6 Å². The highest BCUT2D eigenvalue weighted by atomic mass is 16.5. The zero-order valence-corrected chi connectivity index (χ0v) is 11.6. The predicted molar refractivity (Wildman–Crippen MR) is 79.2 cm³/mol. The lowest BCUT2D eigenvalue weighted by atomic mass is 10.2. The summed E-state index contributed by atoms with van der Waals surface area (Å²) in [7, 11) is 0. The Labute approximate surface area is 117 Å². The van der Waals surface area contributed by atoms with Crippen LogP contribution in [0.4, 0.5) is 5.95 Å². The Kier molecular flexibility index (Phi) is 3.69. The van der Waals surface area contributed by atoms with E-state index in [0.717, 1.165) is 31.4 Å². The third kappa shape index (κ3) is 2.54.